The molecule has 0 aromatic rings. The van der Waals surface area contributed by atoms with Gasteiger partial charge in [0, 0.05) is 0 Å². The molecule has 50 valence electrons. The van der Waals surface area contributed by atoms with Crippen LogP contribution in [0.2, 0.25) is 0 Å². The average molecular weight is 123 g/mol. The van der Waals surface area contributed by atoms with Crippen molar-refractivity contribution in [3.05, 3.63) is 0 Å². The number of nitrogens with zero attached hydrogens (tertiary/aromatic N) is 1. The summed E-state index contributed by atoms with van der Waals surface area (Å²) in [6, 6.07) is 2.32. The van der Waals surface area contributed by atoms with E-state index in [0.717, 1.165) is 0 Å². The highest BCUT2D eigenvalue weighted by Gasteiger charge is 2.48. The highest BCUT2D eigenvalue weighted by molar-refractivity contribution is 5.07. The Bertz CT molecular complexity index is 143. The van der Waals surface area contributed by atoms with Crippen molar-refractivity contribution in [3.8, 4) is 6.07 Å². The number of hydrogen-bond acceptors (Lipinski definition) is 1. The first-order valence-corrected chi connectivity index (χ1v) is 3.58. The first-order valence-electron chi connectivity index (χ1n) is 3.58. The molecule has 0 aliphatic heterocycles. The van der Waals surface area contributed by atoms with Crippen LogP contribution in [-0.4, -0.2) is 0 Å². The van der Waals surface area contributed by atoms with Gasteiger partial charge in [-0.2, -0.15) is 5.26 Å². The summed E-state index contributed by atoms with van der Waals surface area (Å²) in [7, 11) is 0. The van der Waals surface area contributed by atoms with E-state index in [1.165, 1.54) is 0 Å². The van der Waals surface area contributed by atoms with Crippen LogP contribution in [0, 0.1) is 35.0 Å². The third-order valence-corrected chi connectivity index (χ3v) is 2.37. The third kappa shape index (κ3) is 0.941. The maximum atomic E-state index is 8.55. The summed E-state index contributed by atoms with van der Waals surface area (Å²) in [4.78, 5) is 0. The molecule has 1 aliphatic carbocycles. The summed E-state index contributed by atoms with van der Waals surface area (Å²) < 4.78 is 0. The van der Waals surface area contributed by atoms with E-state index in [-0.39, 0.29) is 0 Å². The molecule has 1 fully saturated rings. The van der Waals surface area contributed by atoms with Crippen LogP contribution in [0.3, 0.4) is 0 Å². The molecular formula is C8H13N. The summed E-state index contributed by atoms with van der Waals surface area (Å²) in [6.45, 7) is 6.55. The van der Waals surface area contributed by atoms with Crippen LogP contribution in [0.4, 0.5) is 0 Å². The quantitative estimate of drug-likeness (QED) is 0.523. The second-order valence-electron chi connectivity index (χ2n) is 3.34. The Kier molecular flexibility index (Phi) is 1.48. The van der Waals surface area contributed by atoms with E-state index in [1.807, 2.05) is 0 Å². The van der Waals surface area contributed by atoms with Gasteiger partial charge in [-0.15, -0.1) is 0 Å². The molecule has 0 aromatic heterocycles. The van der Waals surface area contributed by atoms with Crippen LogP contribution in [0.15, 0.2) is 0 Å². The Morgan fingerprint density at radius 3 is 2.11 bits per heavy atom. The SMILES string of the molecule is CC(C)C1C(C)C1C#N. The first-order chi connectivity index (χ1) is 4.18. The average Bonchev–Trinajstić information content (AvgIpc) is 2.40. The summed E-state index contributed by atoms with van der Waals surface area (Å²) in [6.07, 6.45) is 0. The van der Waals surface area contributed by atoms with E-state index in [0.29, 0.717) is 23.7 Å². The Labute approximate surface area is 56.7 Å². The van der Waals surface area contributed by atoms with Crippen LogP contribution in [0.25, 0.3) is 0 Å². The van der Waals surface area contributed by atoms with E-state index in [9.17, 15) is 0 Å². The molecule has 0 heterocycles. The zero-order valence-corrected chi connectivity index (χ0v) is 6.26. The molecule has 3 atom stereocenters. The molecule has 9 heavy (non-hydrogen) atoms. The Hall–Kier alpha value is -0.510. The van der Waals surface area contributed by atoms with E-state index in [4.69, 9.17) is 5.26 Å². The van der Waals surface area contributed by atoms with Crippen molar-refractivity contribution >= 4 is 0 Å². The summed E-state index contributed by atoms with van der Waals surface area (Å²) in [5, 5.41) is 8.55. The second-order valence-corrected chi connectivity index (χ2v) is 3.34. The number of hydrogen-bond donors (Lipinski definition) is 0. The zero-order valence-electron chi connectivity index (χ0n) is 6.26. The van der Waals surface area contributed by atoms with Crippen LogP contribution in [-0.2, 0) is 0 Å². The maximum absolute atomic E-state index is 8.55. The van der Waals surface area contributed by atoms with E-state index in [2.05, 4.69) is 26.8 Å². The lowest BCUT2D eigenvalue weighted by atomic mass is 10.1. The topological polar surface area (TPSA) is 23.8 Å². The molecule has 1 rings (SSSR count). The molecule has 0 spiro atoms. The predicted octanol–water partition coefficient (Wildman–Crippen LogP) is 2.05. The second kappa shape index (κ2) is 2.02. The normalized spacial score (nSPS) is 40.6. The summed E-state index contributed by atoms with van der Waals surface area (Å²) >= 11 is 0. The van der Waals surface area contributed by atoms with E-state index < -0.39 is 0 Å². The number of nitriles is 1. The molecule has 1 saturated carbocycles. The largest absolute Gasteiger partial charge is 0.198 e. The van der Waals surface area contributed by atoms with Gasteiger partial charge in [0.25, 0.3) is 0 Å². The molecule has 0 aromatic carbocycles. The first kappa shape index (κ1) is 6.61. The molecule has 0 N–H and O–H groups in total. The smallest absolute Gasteiger partial charge is 0.0661 e. The molecule has 1 nitrogen and oxygen atoms in total. The van der Waals surface area contributed by atoms with Crippen molar-refractivity contribution < 1.29 is 0 Å². The standard InChI is InChI=1S/C8H13N/c1-5(2)8-6(3)7(8)4-9/h5-8H,1-3H3. The lowest BCUT2D eigenvalue weighted by molar-refractivity contribution is 0.522. The highest BCUT2D eigenvalue weighted by atomic mass is 14.5. The minimum absolute atomic E-state index is 0.366. The van der Waals surface area contributed by atoms with Gasteiger partial charge < -0.3 is 0 Å². The molecule has 3 unspecified atom stereocenters. The van der Waals surface area contributed by atoms with Crippen LogP contribution in [0.5, 0.6) is 0 Å². The van der Waals surface area contributed by atoms with E-state index >= 15 is 0 Å². The summed E-state index contributed by atoms with van der Waals surface area (Å²) in [5.74, 6) is 2.42. The molecular weight excluding hydrogens is 110 g/mol. The van der Waals surface area contributed by atoms with Crippen LogP contribution < -0.4 is 0 Å². The summed E-state index contributed by atoms with van der Waals surface area (Å²) in [5.41, 5.74) is 0. The zero-order chi connectivity index (χ0) is 7.02. The van der Waals surface area contributed by atoms with Crippen LogP contribution >= 0.6 is 0 Å². The van der Waals surface area contributed by atoms with Crippen molar-refractivity contribution in [2.24, 2.45) is 23.7 Å². The van der Waals surface area contributed by atoms with Gasteiger partial charge in [-0.25, -0.2) is 0 Å². The van der Waals surface area contributed by atoms with Crippen molar-refractivity contribution in [3.63, 3.8) is 0 Å². The van der Waals surface area contributed by atoms with Gasteiger partial charge in [0.15, 0.2) is 0 Å². The monoisotopic (exact) mass is 123 g/mol. The number of rotatable bonds is 1. The fraction of sp³-hybridized carbons (Fsp3) is 0.875. The Morgan fingerprint density at radius 1 is 1.44 bits per heavy atom. The van der Waals surface area contributed by atoms with Gasteiger partial charge in [-0.05, 0) is 17.8 Å². The minimum atomic E-state index is 0.366. The van der Waals surface area contributed by atoms with Gasteiger partial charge >= 0.3 is 0 Å². The van der Waals surface area contributed by atoms with Gasteiger partial charge in [-0.1, -0.05) is 20.8 Å². The highest BCUT2D eigenvalue weighted by Crippen LogP contribution is 2.49. The molecule has 0 amide bonds. The lowest BCUT2D eigenvalue weighted by Crippen LogP contribution is -1.91. The van der Waals surface area contributed by atoms with Crippen molar-refractivity contribution in [1.29, 1.82) is 5.26 Å². The van der Waals surface area contributed by atoms with Crippen molar-refractivity contribution in [2.45, 2.75) is 20.8 Å². The minimum Gasteiger partial charge on any atom is -0.198 e. The van der Waals surface area contributed by atoms with Crippen molar-refractivity contribution in [2.75, 3.05) is 0 Å². The predicted molar refractivity (Wildman–Crippen MR) is 36.6 cm³/mol. The van der Waals surface area contributed by atoms with Gasteiger partial charge in [0.1, 0.15) is 0 Å². The Balaban J connectivity index is 2.44. The molecule has 0 bridgehead atoms. The molecule has 1 aliphatic rings. The molecule has 0 radical (unpaired) electrons. The van der Waals surface area contributed by atoms with Crippen LogP contribution in [0.1, 0.15) is 20.8 Å². The fourth-order valence-electron chi connectivity index (χ4n) is 1.72. The van der Waals surface area contributed by atoms with Crippen molar-refractivity contribution in [1.82, 2.24) is 0 Å². The fourth-order valence-corrected chi connectivity index (χ4v) is 1.72. The molecule has 0 saturated heterocycles. The van der Waals surface area contributed by atoms with Gasteiger partial charge in [-0.3, -0.25) is 0 Å². The van der Waals surface area contributed by atoms with Gasteiger partial charge in [0.05, 0.1) is 12.0 Å². The van der Waals surface area contributed by atoms with Gasteiger partial charge in [0.2, 0.25) is 0 Å². The maximum Gasteiger partial charge on any atom is 0.0661 e. The Morgan fingerprint density at radius 2 is 2.00 bits per heavy atom. The lowest BCUT2D eigenvalue weighted by Gasteiger charge is -1.97. The third-order valence-electron chi connectivity index (χ3n) is 2.37. The molecule has 1 heteroatoms. The van der Waals surface area contributed by atoms with E-state index in [1.54, 1.807) is 0 Å².